The van der Waals surface area contributed by atoms with E-state index in [0.29, 0.717) is 35.5 Å². The van der Waals surface area contributed by atoms with Gasteiger partial charge in [0.25, 0.3) is 5.91 Å². The van der Waals surface area contributed by atoms with Crippen molar-refractivity contribution in [1.29, 1.82) is 0 Å². The molecule has 0 bridgehead atoms. The third-order valence-corrected chi connectivity index (χ3v) is 5.20. The third kappa shape index (κ3) is 7.44. The van der Waals surface area contributed by atoms with Crippen LogP contribution in [0, 0.1) is 0 Å². The van der Waals surface area contributed by atoms with E-state index in [1.54, 1.807) is 18.2 Å². The first-order chi connectivity index (χ1) is 14.9. The van der Waals surface area contributed by atoms with Crippen molar-refractivity contribution in [3.05, 3.63) is 28.2 Å². The maximum absolute atomic E-state index is 12.9. The molecule has 0 saturated carbocycles. The minimum atomic E-state index is -0.880. The predicted molar refractivity (Wildman–Crippen MR) is 121 cm³/mol. The van der Waals surface area contributed by atoms with Crippen molar-refractivity contribution in [2.24, 2.45) is 0 Å². The van der Waals surface area contributed by atoms with Crippen molar-refractivity contribution in [2.75, 3.05) is 40.0 Å². The summed E-state index contributed by atoms with van der Waals surface area (Å²) in [6, 6.07) is 4.23. The molecule has 1 aliphatic heterocycles. The summed E-state index contributed by atoms with van der Waals surface area (Å²) in [6.45, 7) is 3.47. The molecule has 11 heteroatoms. The second-order valence-corrected chi connectivity index (χ2v) is 7.97. The molecule has 2 amide bonds. The van der Waals surface area contributed by atoms with Crippen LogP contribution in [0.15, 0.2) is 22.7 Å². The molecule has 2 rings (SSSR count). The SMILES string of the molecule is CCCOc1ccc(Br)cc1C(=O)NC(=S)N1CCNC(=O)C1CC(=O)OCCOC. The molecule has 170 valence electrons. The van der Waals surface area contributed by atoms with E-state index < -0.39 is 17.9 Å². The van der Waals surface area contributed by atoms with Crippen molar-refractivity contribution < 1.29 is 28.6 Å². The predicted octanol–water partition coefficient (Wildman–Crippen LogP) is 1.63. The highest BCUT2D eigenvalue weighted by Crippen LogP contribution is 2.24. The summed E-state index contributed by atoms with van der Waals surface area (Å²) in [5.41, 5.74) is 0.308. The van der Waals surface area contributed by atoms with Crippen LogP contribution in [0.25, 0.3) is 0 Å². The molecule has 1 aromatic rings. The first kappa shape index (κ1) is 25.0. The molecule has 0 aromatic heterocycles. The molecular weight excluding hydrogens is 490 g/mol. The van der Waals surface area contributed by atoms with Gasteiger partial charge in [0, 0.05) is 24.7 Å². The minimum absolute atomic E-state index is 0.0518. The number of piperazine rings is 1. The van der Waals surface area contributed by atoms with E-state index >= 15 is 0 Å². The van der Waals surface area contributed by atoms with E-state index in [0.717, 1.165) is 6.42 Å². The lowest BCUT2D eigenvalue weighted by Crippen LogP contribution is -2.60. The van der Waals surface area contributed by atoms with Gasteiger partial charge in [-0.3, -0.25) is 19.7 Å². The number of rotatable bonds is 9. The highest BCUT2D eigenvalue weighted by Gasteiger charge is 2.34. The van der Waals surface area contributed by atoms with E-state index in [1.807, 2.05) is 6.92 Å². The Labute approximate surface area is 194 Å². The van der Waals surface area contributed by atoms with E-state index in [2.05, 4.69) is 26.6 Å². The first-order valence-electron chi connectivity index (χ1n) is 9.84. The molecular formula is C20H26BrN3O6S. The van der Waals surface area contributed by atoms with Crippen molar-refractivity contribution in [2.45, 2.75) is 25.8 Å². The van der Waals surface area contributed by atoms with Crippen LogP contribution >= 0.6 is 28.1 Å². The number of ether oxygens (including phenoxy) is 3. The van der Waals surface area contributed by atoms with Gasteiger partial charge in [0.2, 0.25) is 5.91 Å². The average Bonchev–Trinajstić information content (AvgIpc) is 2.74. The summed E-state index contributed by atoms with van der Waals surface area (Å²) in [5.74, 6) is -0.953. The number of benzene rings is 1. The van der Waals surface area contributed by atoms with E-state index in [1.165, 1.54) is 12.0 Å². The molecule has 1 atom stereocenters. The Hall–Kier alpha value is -2.24. The van der Waals surface area contributed by atoms with Gasteiger partial charge in [-0.05, 0) is 36.8 Å². The second-order valence-electron chi connectivity index (χ2n) is 6.67. The van der Waals surface area contributed by atoms with Crippen LogP contribution in [-0.2, 0) is 19.1 Å². The maximum Gasteiger partial charge on any atom is 0.308 e. The molecule has 1 saturated heterocycles. The molecule has 31 heavy (non-hydrogen) atoms. The molecule has 0 aliphatic carbocycles. The van der Waals surface area contributed by atoms with Crippen LogP contribution < -0.4 is 15.4 Å². The number of carbonyl (C=O) groups excluding carboxylic acids is 3. The zero-order chi connectivity index (χ0) is 22.8. The molecule has 1 unspecified atom stereocenters. The summed E-state index contributed by atoms with van der Waals surface area (Å²) >= 11 is 8.75. The fraction of sp³-hybridized carbons (Fsp3) is 0.500. The average molecular weight is 516 g/mol. The number of hydrogen-bond acceptors (Lipinski definition) is 7. The van der Waals surface area contributed by atoms with Crippen LogP contribution in [0.2, 0.25) is 0 Å². The molecule has 2 N–H and O–H groups in total. The summed E-state index contributed by atoms with van der Waals surface area (Å²) in [6.07, 6.45) is 0.591. The van der Waals surface area contributed by atoms with Gasteiger partial charge in [-0.1, -0.05) is 22.9 Å². The molecule has 9 nitrogen and oxygen atoms in total. The highest BCUT2D eigenvalue weighted by atomic mass is 79.9. The third-order valence-electron chi connectivity index (χ3n) is 4.37. The Bertz CT molecular complexity index is 822. The van der Waals surface area contributed by atoms with Crippen LogP contribution in [0.5, 0.6) is 5.75 Å². The number of carbonyl (C=O) groups is 3. The number of amides is 2. The van der Waals surface area contributed by atoms with Crippen LogP contribution in [0.3, 0.4) is 0 Å². The monoisotopic (exact) mass is 515 g/mol. The van der Waals surface area contributed by atoms with Crippen LogP contribution in [0.4, 0.5) is 0 Å². The summed E-state index contributed by atoms with van der Waals surface area (Å²) in [7, 11) is 1.50. The molecule has 1 aliphatic rings. The van der Waals surface area contributed by atoms with Gasteiger partial charge in [0.05, 0.1) is 25.2 Å². The Morgan fingerprint density at radius 1 is 1.32 bits per heavy atom. The molecule has 0 spiro atoms. The first-order valence-corrected chi connectivity index (χ1v) is 11.0. The van der Waals surface area contributed by atoms with E-state index in [4.69, 9.17) is 26.4 Å². The number of methoxy groups -OCH3 is 1. The summed E-state index contributed by atoms with van der Waals surface area (Å²) in [4.78, 5) is 38.9. The fourth-order valence-corrected chi connectivity index (χ4v) is 3.54. The number of halogens is 1. The normalized spacial score (nSPS) is 15.8. The Morgan fingerprint density at radius 3 is 2.81 bits per heavy atom. The topological polar surface area (TPSA) is 106 Å². The van der Waals surface area contributed by atoms with Crippen molar-refractivity contribution in [1.82, 2.24) is 15.5 Å². The Balaban J connectivity index is 2.09. The number of hydrogen-bond donors (Lipinski definition) is 2. The quantitative estimate of drug-likeness (QED) is 0.290. The zero-order valence-electron chi connectivity index (χ0n) is 17.4. The van der Waals surface area contributed by atoms with E-state index in [-0.39, 0.29) is 30.7 Å². The van der Waals surface area contributed by atoms with Gasteiger partial charge in [0.1, 0.15) is 18.4 Å². The minimum Gasteiger partial charge on any atom is -0.493 e. The Kier molecular flexibility index (Phi) is 10.2. The standard InChI is InChI=1S/C20H26BrN3O6S/c1-3-8-29-16-5-4-13(21)11-14(16)18(26)23-20(31)24-7-6-22-19(27)15(24)12-17(25)30-10-9-28-2/h4-5,11,15H,3,6-10,12H2,1-2H3,(H,22,27)(H,23,26,31). The summed E-state index contributed by atoms with van der Waals surface area (Å²) in [5, 5.41) is 5.41. The summed E-state index contributed by atoms with van der Waals surface area (Å²) < 4.78 is 16.3. The number of esters is 1. The maximum atomic E-state index is 12.9. The number of nitrogens with one attached hydrogen (secondary N) is 2. The smallest absolute Gasteiger partial charge is 0.308 e. The lowest BCUT2D eigenvalue weighted by molar-refractivity contribution is -0.148. The van der Waals surface area contributed by atoms with Gasteiger partial charge >= 0.3 is 5.97 Å². The molecule has 1 fully saturated rings. The molecule has 1 aromatic carbocycles. The number of thiocarbonyl (C=S) groups is 1. The highest BCUT2D eigenvalue weighted by molar-refractivity contribution is 9.10. The zero-order valence-corrected chi connectivity index (χ0v) is 19.8. The second kappa shape index (κ2) is 12.6. The van der Waals surface area contributed by atoms with Crippen molar-refractivity contribution in [3.63, 3.8) is 0 Å². The fourth-order valence-electron chi connectivity index (χ4n) is 2.87. The van der Waals surface area contributed by atoms with Crippen molar-refractivity contribution in [3.8, 4) is 5.75 Å². The van der Waals surface area contributed by atoms with Crippen molar-refractivity contribution >= 4 is 51.0 Å². The van der Waals surface area contributed by atoms with Gasteiger partial charge in [0.15, 0.2) is 5.11 Å². The molecule has 1 heterocycles. The van der Waals surface area contributed by atoms with Gasteiger partial charge in [-0.2, -0.15) is 0 Å². The van der Waals surface area contributed by atoms with Crippen LogP contribution in [-0.4, -0.2) is 73.9 Å². The van der Waals surface area contributed by atoms with Crippen LogP contribution in [0.1, 0.15) is 30.1 Å². The van der Waals surface area contributed by atoms with Gasteiger partial charge in [-0.25, -0.2) is 0 Å². The Morgan fingerprint density at radius 2 is 2.10 bits per heavy atom. The van der Waals surface area contributed by atoms with Gasteiger partial charge < -0.3 is 24.4 Å². The van der Waals surface area contributed by atoms with Gasteiger partial charge in [-0.15, -0.1) is 0 Å². The largest absolute Gasteiger partial charge is 0.493 e. The molecule has 0 radical (unpaired) electrons. The lowest BCUT2D eigenvalue weighted by Gasteiger charge is -2.36. The van der Waals surface area contributed by atoms with E-state index in [9.17, 15) is 14.4 Å². The number of nitrogens with zero attached hydrogens (tertiary/aromatic N) is 1. The lowest BCUT2D eigenvalue weighted by atomic mass is 10.1.